The second-order valence-electron chi connectivity index (χ2n) is 7.84. The molecule has 0 radical (unpaired) electrons. The molecular formula is C25H26ClN3O5. The van der Waals surface area contributed by atoms with Crippen molar-refractivity contribution in [1.29, 1.82) is 0 Å². The minimum absolute atomic E-state index is 0. The van der Waals surface area contributed by atoms with Gasteiger partial charge in [-0.1, -0.05) is 30.3 Å². The molecule has 0 saturated carbocycles. The maximum atomic E-state index is 12.1. The Balaban J connectivity index is 0.00000324. The molecule has 34 heavy (non-hydrogen) atoms. The van der Waals surface area contributed by atoms with Crippen molar-refractivity contribution in [2.24, 2.45) is 5.73 Å². The highest BCUT2D eigenvalue weighted by Crippen LogP contribution is 2.37. The minimum Gasteiger partial charge on any atom is -0.485 e. The molecule has 1 aliphatic heterocycles. The quantitative estimate of drug-likeness (QED) is 0.431. The summed E-state index contributed by atoms with van der Waals surface area (Å²) in [6.45, 7) is 0. The van der Waals surface area contributed by atoms with Crippen LogP contribution in [0.25, 0.3) is 0 Å². The highest BCUT2D eigenvalue weighted by atomic mass is 35.5. The van der Waals surface area contributed by atoms with Gasteiger partial charge in [0.05, 0.1) is 17.9 Å². The summed E-state index contributed by atoms with van der Waals surface area (Å²) >= 11 is 0. The first-order chi connectivity index (χ1) is 16.0. The molecule has 1 aromatic heterocycles. The standard InChI is InChI=1S/C25H25N3O5.ClH/c26-20(9-13-24(29)30)25(31)28-18-7-12-23(27-15-18)32-19-8-11-22-17(14-19)6-10-21(33-22)16-4-2-1-3-5-16;/h1-5,7-8,11-12,14-15,20-21H,6,9-10,13,26H2,(H,28,31)(H,29,30);1H/t20?,21-;/m0./s1. The van der Waals surface area contributed by atoms with Gasteiger partial charge < -0.3 is 25.6 Å². The normalized spacial score (nSPS) is 15.1. The van der Waals surface area contributed by atoms with Crippen LogP contribution in [0.1, 0.15) is 36.5 Å². The Morgan fingerprint density at radius 2 is 1.97 bits per heavy atom. The molecule has 0 bridgehead atoms. The average molecular weight is 484 g/mol. The van der Waals surface area contributed by atoms with E-state index in [1.54, 1.807) is 12.1 Å². The summed E-state index contributed by atoms with van der Waals surface area (Å²) in [4.78, 5) is 26.9. The monoisotopic (exact) mass is 483 g/mol. The molecule has 0 aliphatic carbocycles. The molecule has 8 nitrogen and oxygen atoms in total. The number of nitrogens with two attached hydrogens (primary N) is 1. The number of nitrogens with one attached hydrogen (secondary N) is 1. The number of carbonyl (C=O) groups excluding carboxylic acids is 1. The van der Waals surface area contributed by atoms with E-state index in [1.807, 2.05) is 36.4 Å². The van der Waals surface area contributed by atoms with Gasteiger partial charge in [0.15, 0.2) is 0 Å². The highest BCUT2D eigenvalue weighted by Gasteiger charge is 2.22. The van der Waals surface area contributed by atoms with Crippen LogP contribution in [0.3, 0.4) is 0 Å². The second kappa shape index (κ2) is 11.5. The first-order valence-corrected chi connectivity index (χ1v) is 10.7. The number of halogens is 1. The highest BCUT2D eigenvalue weighted by molar-refractivity contribution is 5.94. The van der Waals surface area contributed by atoms with E-state index in [0.717, 1.165) is 24.2 Å². The summed E-state index contributed by atoms with van der Waals surface area (Å²) in [6.07, 6.45) is 3.17. The number of anilines is 1. The molecular weight excluding hydrogens is 458 g/mol. The van der Waals surface area contributed by atoms with Crippen LogP contribution >= 0.6 is 12.4 Å². The van der Waals surface area contributed by atoms with Crippen molar-refractivity contribution in [2.75, 3.05) is 5.32 Å². The number of fused-ring (bicyclic) bond motifs is 1. The van der Waals surface area contributed by atoms with Gasteiger partial charge in [-0.25, -0.2) is 4.98 Å². The number of rotatable bonds is 8. The van der Waals surface area contributed by atoms with E-state index in [2.05, 4.69) is 22.4 Å². The van der Waals surface area contributed by atoms with Crippen LogP contribution in [0.4, 0.5) is 5.69 Å². The lowest BCUT2D eigenvalue weighted by Crippen LogP contribution is -2.36. The Morgan fingerprint density at radius 1 is 1.18 bits per heavy atom. The number of aryl methyl sites for hydroxylation is 1. The number of carboxylic acid groups (broad SMARTS) is 1. The molecule has 2 aromatic carbocycles. The van der Waals surface area contributed by atoms with Crippen LogP contribution in [0.2, 0.25) is 0 Å². The molecule has 4 N–H and O–H groups in total. The summed E-state index contributed by atoms with van der Waals surface area (Å²) in [6, 6.07) is 18.3. The zero-order valence-corrected chi connectivity index (χ0v) is 19.2. The van der Waals surface area contributed by atoms with E-state index < -0.39 is 17.9 Å². The smallest absolute Gasteiger partial charge is 0.303 e. The Morgan fingerprint density at radius 3 is 2.68 bits per heavy atom. The number of carbonyl (C=O) groups is 2. The first-order valence-electron chi connectivity index (χ1n) is 10.7. The number of aromatic nitrogens is 1. The van der Waals surface area contributed by atoms with Crippen molar-refractivity contribution in [3.63, 3.8) is 0 Å². The third-order valence-electron chi connectivity index (χ3n) is 5.38. The van der Waals surface area contributed by atoms with Gasteiger partial charge in [-0.15, -0.1) is 12.4 Å². The van der Waals surface area contributed by atoms with E-state index in [9.17, 15) is 9.59 Å². The molecule has 178 valence electrons. The first kappa shape index (κ1) is 25.0. The summed E-state index contributed by atoms with van der Waals surface area (Å²) in [7, 11) is 0. The number of ether oxygens (including phenoxy) is 2. The number of pyridine rings is 1. The molecule has 0 fully saturated rings. The fraction of sp³-hybridized carbons (Fsp3) is 0.240. The fourth-order valence-corrected chi connectivity index (χ4v) is 3.61. The van der Waals surface area contributed by atoms with Crippen molar-refractivity contribution in [1.82, 2.24) is 4.98 Å². The molecule has 0 spiro atoms. The van der Waals surface area contributed by atoms with Crippen LogP contribution in [-0.2, 0) is 16.0 Å². The molecule has 2 heterocycles. The number of hydrogen-bond acceptors (Lipinski definition) is 6. The topological polar surface area (TPSA) is 124 Å². The molecule has 4 rings (SSSR count). The van der Waals surface area contributed by atoms with Gasteiger partial charge in [0.1, 0.15) is 17.6 Å². The molecule has 9 heteroatoms. The largest absolute Gasteiger partial charge is 0.485 e. The number of hydrogen-bond donors (Lipinski definition) is 3. The van der Waals surface area contributed by atoms with E-state index in [0.29, 0.717) is 17.3 Å². The molecule has 1 amide bonds. The van der Waals surface area contributed by atoms with Crippen molar-refractivity contribution < 1.29 is 24.2 Å². The molecule has 2 atom stereocenters. The van der Waals surface area contributed by atoms with Gasteiger partial charge in [0, 0.05) is 12.5 Å². The van der Waals surface area contributed by atoms with E-state index in [-0.39, 0.29) is 31.4 Å². The summed E-state index contributed by atoms with van der Waals surface area (Å²) in [5.74, 6) is 0.423. The van der Waals surface area contributed by atoms with Gasteiger partial charge >= 0.3 is 5.97 Å². The molecule has 0 saturated heterocycles. The zero-order chi connectivity index (χ0) is 23.2. The van der Waals surface area contributed by atoms with E-state index in [4.69, 9.17) is 20.3 Å². The summed E-state index contributed by atoms with van der Waals surface area (Å²) in [5.41, 5.74) is 8.41. The van der Waals surface area contributed by atoms with Gasteiger partial charge in [0.25, 0.3) is 0 Å². The lowest BCUT2D eigenvalue weighted by Gasteiger charge is -2.26. The minimum atomic E-state index is -0.994. The van der Waals surface area contributed by atoms with Crippen LogP contribution in [0.5, 0.6) is 17.4 Å². The SMILES string of the molecule is Cl.NC(CCC(=O)O)C(=O)Nc1ccc(Oc2ccc3c(c2)CC[C@@H](c2ccccc2)O3)nc1. The van der Waals surface area contributed by atoms with Gasteiger partial charge in [0.2, 0.25) is 11.8 Å². The Bertz CT molecular complexity index is 1130. The number of carboxylic acids is 1. The number of aliphatic carboxylic acids is 1. The zero-order valence-electron chi connectivity index (χ0n) is 18.3. The number of benzene rings is 2. The predicted octanol–water partition coefficient (Wildman–Crippen LogP) is 4.49. The molecule has 3 aromatic rings. The average Bonchev–Trinajstić information content (AvgIpc) is 2.84. The fourth-order valence-electron chi connectivity index (χ4n) is 3.61. The Labute approximate surface area is 203 Å². The van der Waals surface area contributed by atoms with Crippen molar-refractivity contribution in [3.05, 3.63) is 78.0 Å². The van der Waals surface area contributed by atoms with Crippen molar-refractivity contribution in [2.45, 2.75) is 37.8 Å². The van der Waals surface area contributed by atoms with Gasteiger partial charge in [-0.05, 0) is 54.7 Å². The van der Waals surface area contributed by atoms with Crippen LogP contribution in [0, 0.1) is 0 Å². The maximum Gasteiger partial charge on any atom is 0.303 e. The Hall–Kier alpha value is -3.62. The van der Waals surface area contributed by atoms with E-state index >= 15 is 0 Å². The van der Waals surface area contributed by atoms with E-state index in [1.165, 1.54) is 11.8 Å². The second-order valence-corrected chi connectivity index (χ2v) is 7.84. The summed E-state index contributed by atoms with van der Waals surface area (Å²) < 4.78 is 12.0. The van der Waals surface area contributed by atoms with Crippen molar-refractivity contribution in [3.8, 4) is 17.4 Å². The third kappa shape index (κ3) is 6.46. The van der Waals surface area contributed by atoms with Gasteiger partial charge in [-0.3, -0.25) is 9.59 Å². The Kier molecular flexibility index (Phi) is 8.45. The molecule has 1 aliphatic rings. The molecule has 1 unspecified atom stereocenters. The summed E-state index contributed by atoms with van der Waals surface area (Å²) in [5, 5.41) is 11.3. The lowest BCUT2D eigenvalue weighted by atomic mass is 9.97. The van der Waals surface area contributed by atoms with Crippen molar-refractivity contribution >= 4 is 30.0 Å². The maximum absolute atomic E-state index is 12.1. The lowest BCUT2D eigenvalue weighted by molar-refractivity contribution is -0.137. The third-order valence-corrected chi connectivity index (χ3v) is 5.38. The van der Waals surface area contributed by atoms with Crippen LogP contribution in [0.15, 0.2) is 66.9 Å². The predicted molar refractivity (Wildman–Crippen MR) is 130 cm³/mol. The van der Waals surface area contributed by atoms with Crippen LogP contribution < -0.4 is 20.5 Å². The van der Waals surface area contributed by atoms with Gasteiger partial charge in [-0.2, -0.15) is 0 Å². The number of nitrogens with zero attached hydrogens (tertiary/aromatic N) is 1. The van der Waals surface area contributed by atoms with Crippen LogP contribution in [-0.4, -0.2) is 28.0 Å². The number of amides is 1.